The van der Waals surface area contributed by atoms with Crippen molar-refractivity contribution in [3.63, 3.8) is 0 Å². The molecule has 0 unspecified atom stereocenters. The summed E-state index contributed by atoms with van der Waals surface area (Å²) in [5, 5.41) is 9.24. The van der Waals surface area contributed by atoms with Gasteiger partial charge in [-0.25, -0.2) is 0 Å². The van der Waals surface area contributed by atoms with Gasteiger partial charge in [-0.05, 0) is 58.2 Å². The minimum absolute atomic E-state index is 0. The molecule has 5 rings (SSSR count). The highest BCUT2D eigenvalue weighted by atomic mass is 35.5. The molecule has 3 saturated heterocycles. The lowest BCUT2D eigenvalue weighted by Crippen LogP contribution is -2.66. The van der Waals surface area contributed by atoms with Gasteiger partial charge in [0, 0.05) is 44.3 Å². The van der Waals surface area contributed by atoms with E-state index in [0.29, 0.717) is 52.2 Å². The number of carbonyl (C=O) groups is 3. The van der Waals surface area contributed by atoms with E-state index in [2.05, 4.69) is 20.9 Å². The standard InChI is InChI=1S/C28H41N5O5.2ClH/c1-18(29-2)26(34)31-25(19-9-13-37-14-10-19)28(36)33-16-20-6-5-12-32(20)17-23(33)27(35)30-22-11-15-38-24-8-4-3-7-21(22)24;;/h3-4,7-8,18-20,22-23,25,29H,5-6,9-17H2,1-2H3,(H,30,35)(H,31,34);2*1H/t18-,20+,22+,23-,25-;;/m0../s1. The number of hydrogen-bond donors (Lipinski definition) is 3. The first kappa shape index (κ1) is 32.4. The van der Waals surface area contributed by atoms with Gasteiger partial charge in [-0.2, -0.15) is 0 Å². The largest absolute Gasteiger partial charge is 0.493 e. The van der Waals surface area contributed by atoms with Crippen molar-refractivity contribution in [2.75, 3.05) is 46.5 Å². The molecule has 3 fully saturated rings. The summed E-state index contributed by atoms with van der Waals surface area (Å²) < 4.78 is 11.3. The van der Waals surface area contributed by atoms with Crippen LogP contribution in [0.4, 0.5) is 0 Å². The zero-order valence-electron chi connectivity index (χ0n) is 23.3. The van der Waals surface area contributed by atoms with Crippen molar-refractivity contribution >= 4 is 42.5 Å². The van der Waals surface area contributed by atoms with Gasteiger partial charge in [-0.1, -0.05) is 18.2 Å². The van der Waals surface area contributed by atoms with Crippen LogP contribution >= 0.6 is 24.8 Å². The molecule has 0 saturated carbocycles. The van der Waals surface area contributed by atoms with Crippen LogP contribution in [0.25, 0.3) is 0 Å². The summed E-state index contributed by atoms with van der Waals surface area (Å²) in [4.78, 5) is 45.2. The molecule has 3 amide bonds. The lowest BCUT2D eigenvalue weighted by molar-refractivity contribution is -0.150. The van der Waals surface area contributed by atoms with E-state index in [-0.39, 0.29) is 60.5 Å². The molecular weight excluding hydrogens is 557 g/mol. The molecule has 4 aliphatic rings. The zero-order valence-corrected chi connectivity index (χ0v) is 24.9. The molecule has 10 nitrogen and oxygen atoms in total. The number of rotatable bonds is 7. The van der Waals surface area contributed by atoms with E-state index < -0.39 is 18.1 Å². The van der Waals surface area contributed by atoms with Crippen LogP contribution in [0.3, 0.4) is 0 Å². The van der Waals surface area contributed by atoms with Crippen LogP contribution in [-0.4, -0.2) is 98.2 Å². The van der Waals surface area contributed by atoms with Crippen LogP contribution in [0.2, 0.25) is 0 Å². The smallest absolute Gasteiger partial charge is 0.246 e. The number of fused-ring (bicyclic) bond motifs is 2. The second-order valence-corrected chi connectivity index (χ2v) is 11.0. The first-order valence-electron chi connectivity index (χ1n) is 14.1. The second-order valence-electron chi connectivity index (χ2n) is 11.0. The Morgan fingerprint density at radius 3 is 2.50 bits per heavy atom. The third-order valence-corrected chi connectivity index (χ3v) is 8.68. The number of likely N-dealkylation sites (N-methyl/N-ethyl adjacent to an activating group) is 1. The number of nitrogens with one attached hydrogen (secondary N) is 3. The molecule has 224 valence electrons. The fourth-order valence-corrected chi connectivity index (χ4v) is 6.26. The fourth-order valence-electron chi connectivity index (χ4n) is 6.26. The topological polar surface area (TPSA) is 112 Å². The molecule has 3 N–H and O–H groups in total. The Balaban J connectivity index is 0.00000220. The van der Waals surface area contributed by atoms with Gasteiger partial charge in [-0.3, -0.25) is 19.3 Å². The van der Waals surface area contributed by atoms with Gasteiger partial charge in [0.25, 0.3) is 0 Å². The number of ether oxygens (including phenoxy) is 2. The van der Waals surface area contributed by atoms with Crippen molar-refractivity contribution in [2.24, 2.45) is 5.92 Å². The molecule has 0 aliphatic carbocycles. The molecule has 40 heavy (non-hydrogen) atoms. The van der Waals surface area contributed by atoms with Crippen molar-refractivity contribution in [3.05, 3.63) is 29.8 Å². The molecule has 0 radical (unpaired) electrons. The molecule has 5 atom stereocenters. The van der Waals surface area contributed by atoms with Gasteiger partial charge < -0.3 is 30.3 Å². The number of para-hydroxylation sites is 1. The Kier molecular flexibility index (Phi) is 11.9. The number of nitrogens with zero attached hydrogens (tertiary/aromatic N) is 2. The van der Waals surface area contributed by atoms with Crippen LogP contribution in [0.15, 0.2) is 24.3 Å². The van der Waals surface area contributed by atoms with Crippen molar-refractivity contribution in [3.8, 4) is 5.75 Å². The maximum absolute atomic E-state index is 14.3. The van der Waals surface area contributed by atoms with Crippen LogP contribution in [0.1, 0.15) is 50.6 Å². The Morgan fingerprint density at radius 2 is 1.75 bits per heavy atom. The van der Waals surface area contributed by atoms with Crippen molar-refractivity contribution in [1.82, 2.24) is 25.8 Å². The Labute approximate surface area is 249 Å². The fraction of sp³-hybridized carbons (Fsp3) is 0.679. The highest BCUT2D eigenvalue weighted by Gasteiger charge is 2.45. The van der Waals surface area contributed by atoms with Gasteiger partial charge in [0.15, 0.2) is 0 Å². The summed E-state index contributed by atoms with van der Waals surface area (Å²) in [7, 11) is 1.73. The lowest BCUT2D eigenvalue weighted by Gasteiger charge is -2.45. The van der Waals surface area contributed by atoms with E-state index in [0.717, 1.165) is 30.7 Å². The number of piperazine rings is 1. The summed E-state index contributed by atoms with van der Waals surface area (Å²) in [5.74, 6) is 0.244. The highest BCUT2D eigenvalue weighted by Crippen LogP contribution is 2.33. The highest BCUT2D eigenvalue weighted by molar-refractivity contribution is 5.93. The van der Waals surface area contributed by atoms with Gasteiger partial charge >= 0.3 is 0 Å². The van der Waals surface area contributed by atoms with Gasteiger partial charge in [0.05, 0.1) is 18.7 Å². The van der Waals surface area contributed by atoms with E-state index in [1.165, 1.54) is 0 Å². The first-order chi connectivity index (χ1) is 18.5. The normalized spacial score (nSPS) is 26.1. The minimum Gasteiger partial charge on any atom is -0.493 e. The summed E-state index contributed by atoms with van der Waals surface area (Å²) >= 11 is 0. The third kappa shape index (κ3) is 7.02. The molecule has 0 aromatic heterocycles. The maximum Gasteiger partial charge on any atom is 0.246 e. The van der Waals surface area contributed by atoms with E-state index in [9.17, 15) is 14.4 Å². The first-order valence-corrected chi connectivity index (χ1v) is 14.1. The molecule has 0 spiro atoms. The number of hydrogen-bond acceptors (Lipinski definition) is 7. The van der Waals surface area contributed by atoms with Crippen LogP contribution < -0.4 is 20.7 Å². The van der Waals surface area contributed by atoms with Crippen LogP contribution in [0, 0.1) is 5.92 Å². The number of carbonyl (C=O) groups excluding carboxylic acids is 3. The summed E-state index contributed by atoms with van der Waals surface area (Å²) in [5.41, 5.74) is 0.966. The summed E-state index contributed by atoms with van der Waals surface area (Å²) in [6.45, 7) is 5.39. The average Bonchev–Trinajstić information content (AvgIpc) is 3.42. The molecule has 1 aromatic rings. The molecule has 0 bridgehead atoms. The van der Waals surface area contributed by atoms with Crippen molar-refractivity contribution < 1.29 is 23.9 Å². The average molecular weight is 601 g/mol. The van der Waals surface area contributed by atoms with E-state index >= 15 is 0 Å². The number of benzene rings is 1. The number of halogens is 2. The molecule has 1 aromatic carbocycles. The molecule has 12 heteroatoms. The minimum atomic E-state index is -0.686. The quantitative estimate of drug-likeness (QED) is 0.437. The summed E-state index contributed by atoms with van der Waals surface area (Å²) in [6.07, 6.45) is 4.15. The van der Waals surface area contributed by atoms with Gasteiger partial charge in [-0.15, -0.1) is 24.8 Å². The Hall–Kier alpha value is -2.11. The van der Waals surface area contributed by atoms with E-state index in [1.54, 1.807) is 18.9 Å². The third-order valence-electron chi connectivity index (χ3n) is 8.68. The Bertz CT molecular complexity index is 1030. The molecule has 4 aliphatic heterocycles. The van der Waals surface area contributed by atoms with Crippen LogP contribution in [-0.2, 0) is 19.1 Å². The van der Waals surface area contributed by atoms with E-state index in [4.69, 9.17) is 9.47 Å². The summed E-state index contributed by atoms with van der Waals surface area (Å²) in [6, 6.07) is 6.14. The molecule has 4 heterocycles. The SMILES string of the molecule is CN[C@@H](C)C(=O)N[C@H](C(=O)N1C[C@H]2CCCN2C[C@H]1C(=O)N[C@@H]1CCOc2ccccc21)C1CCOCC1.Cl.Cl. The second kappa shape index (κ2) is 14.7. The lowest BCUT2D eigenvalue weighted by atomic mass is 9.89. The van der Waals surface area contributed by atoms with Crippen molar-refractivity contribution in [1.29, 1.82) is 0 Å². The maximum atomic E-state index is 14.3. The van der Waals surface area contributed by atoms with Gasteiger partial charge in [0.2, 0.25) is 17.7 Å². The predicted molar refractivity (Wildman–Crippen MR) is 156 cm³/mol. The van der Waals surface area contributed by atoms with Crippen molar-refractivity contribution in [2.45, 2.75) is 69.2 Å². The monoisotopic (exact) mass is 599 g/mol. The zero-order chi connectivity index (χ0) is 26.6. The number of amides is 3. The Morgan fingerprint density at radius 1 is 1.00 bits per heavy atom. The molecular formula is C28H43Cl2N5O5. The van der Waals surface area contributed by atoms with E-state index in [1.807, 2.05) is 24.3 Å². The van der Waals surface area contributed by atoms with Gasteiger partial charge in [0.1, 0.15) is 17.8 Å². The van der Waals surface area contributed by atoms with Crippen LogP contribution in [0.5, 0.6) is 5.75 Å². The predicted octanol–water partition coefficient (Wildman–Crippen LogP) is 1.66.